The summed E-state index contributed by atoms with van der Waals surface area (Å²) in [5.74, 6) is -3.53. The monoisotopic (exact) mass is 273 g/mol. The molecule has 6 heteroatoms. The Kier molecular flexibility index (Phi) is 3.72. The number of nitrogens with zero attached hydrogens (tertiary/aromatic N) is 1. The van der Waals surface area contributed by atoms with Gasteiger partial charge in [-0.25, -0.2) is 18.2 Å². The van der Waals surface area contributed by atoms with Crippen LogP contribution in [0.15, 0.2) is 22.8 Å². The molecule has 0 aliphatic carbocycles. The van der Waals surface area contributed by atoms with Gasteiger partial charge in [0.15, 0.2) is 17.5 Å². The molecule has 1 aromatic carbocycles. The van der Waals surface area contributed by atoms with Crippen LogP contribution in [0.1, 0.15) is 17.1 Å². The smallest absolute Gasteiger partial charge is 0.218 e. The minimum Gasteiger partial charge on any atom is -0.445 e. The Morgan fingerprint density at radius 3 is 2.39 bits per heavy atom. The van der Waals surface area contributed by atoms with Gasteiger partial charge in [0, 0.05) is 6.08 Å². The highest BCUT2D eigenvalue weighted by molar-refractivity contribution is 6.16. The fourth-order valence-electron chi connectivity index (χ4n) is 1.30. The SMILES string of the molecule is Fc1cc(/C=C/c2nc(CCl)co2)cc(F)c1F. The molecule has 0 unspecified atom stereocenters. The lowest BCUT2D eigenvalue weighted by Gasteiger charge is -1.97. The van der Waals surface area contributed by atoms with Gasteiger partial charge in [-0.15, -0.1) is 11.6 Å². The molecule has 2 aromatic rings. The topological polar surface area (TPSA) is 26.0 Å². The molecule has 0 amide bonds. The van der Waals surface area contributed by atoms with Gasteiger partial charge in [0.05, 0.1) is 11.6 Å². The van der Waals surface area contributed by atoms with Crippen molar-refractivity contribution in [3.05, 3.63) is 53.0 Å². The van der Waals surface area contributed by atoms with E-state index in [0.29, 0.717) is 5.69 Å². The largest absolute Gasteiger partial charge is 0.445 e. The third-order valence-corrected chi connectivity index (χ3v) is 2.40. The number of benzene rings is 1. The first-order valence-corrected chi connectivity index (χ1v) is 5.46. The highest BCUT2D eigenvalue weighted by Crippen LogP contribution is 2.16. The van der Waals surface area contributed by atoms with E-state index in [9.17, 15) is 13.2 Å². The van der Waals surface area contributed by atoms with E-state index in [2.05, 4.69) is 4.98 Å². The molecule has 0 radical (unpaired) electrons. The average molecular weight is 274 g/mol. The zero-order chi connectivity index (χ0) is 13.1. The number of alkyl halides is 1. The quantitative estimate of drug-likeness (QED) is 0.624. The lowest BCUT2D eigenvalue weighted by atomic mass is 10.2. The van der Waals surface area contributed by atoms with Crippen molar-refractivity contribution in [3.63, 3.8) is 0 Å². The summed E-state index contributed by atoms with van der Waals surface area (Å²) >= 11 is 5.53. The fourth-order valence-corrected chi connectivity index (χ4v) is 1.42. The predicted molar refractivity (Wildman–Crippen MR) is 61.3 cm³/mol. The molecular formula is C12H7ClF3NO. The van der Waals surface area contributed by atoms with Crippen molar-refractivity contribution in [1.82, 2.24) is 4.98 Å². The number of rotatable bonds is 3. The molecule has 0 saturated carbocycles. The first kappa shape index (κ1) is 12.7. The van der Waals surface area contributed by atoms with Gasteiger partial charge in [0.1, 0.15) is 6.26 Å². The highest BCUT2D eigenvalue weighted by atomic mass is 35.5. The minimum absolute atomic E-state index is 0.164. The summed E-state index contributed by atoms with van der Waals surface area (Å²) < 4.78 is 43.6. The van der Waals surface area contributed by atoms with Crippen LogP contribution >= 0.6 is 11.6 Å². The van der Waals surface area contributed by atoms with Crippen LogP contribution in [0, 0.1) is 17.5 Å². The molecule has 1 heterocycles. The molecule has 0 spiro atoms. The third-order valence-electron chi connectivity index (χ3n) is 2.13. The predicted octanol–water partition coefficient (Wildman–Crippen LogP) is 4.00. The van der Waals surface area contributed by atoms with E-state index in [4.69, 9.17) is 16.0 Å². The van der Waals surface area contributed by atoms with Gasteiger partial charge < -0.3 is 4.42 Å². The van der Waals surface area contributed by atoms with Crippen molar-refractivity contribution >= 4 is 23.8 Å². The van der Waals surface area contributed by atoms with Crippen LogP contribution in [0.5, 0.6) is 0 Å². The van der Waals surface area contributed by atoms with Gasteiger partial charge in [-0.05, 0) is 23.8 Å². The second-order valence-electron chi connectivity index (χ2n) is 3.44. The van der Waals surface area contributed by atoms with Crippen molar-refractivity contribution in [2.75, 3.05) is 0 Å². The summed E-state index contributed by atoms with van der Waals surface area (Å²) in [6, 6.07) is 1.75. The van der Waals surface area contributed by atoms with Crippen LogP contribution in [0.3, 0.4) is 0 Å². The van der Waals surface area contributed by atoms with Crippen LogP contribution in [0.4, 0.5) is 13.2 Å². The summed E-state index contributed by atoms with van der Waals surface area (Å²) in [7, 11) is 0. The number of oxazole rings is 1. The van der Waals surface area contributed by atoms with E-state index in [-0.39, 0.29) is 17.3 Å². The Hall–Kier alpha value is -1.75. The molecule has 0 saturated heterocycles. The van der Waals surface area contributed by atoms with Crippen LogP contribution in [-0.2, 0) is 5.88 Å². The first-order chi connectivity index (χ1) is 8.60. The maximum Gasteiger partial charge on any atom is 0.218 e. The van der Waals surface area contributed by atoms with E-state index in [1.54, 1.807) is 0 Å². The average Bonchev–Trinajstić information content (AvgIpc) is 2.81. The lowest BCUT2D eigenvalue weighted by Crippen LogP contribution is -1.90. The zero-order valence-electron chi connectivity index (χ0n) is 8.96. The second-order valence-corrected chi connectivity index (χ2v) is 3.71. The van der Waals surface area contributed by atoms with Gasteiger partial charge >= 0.3 is 0 Å². The highest BCUT2D eigenvalue weighted by Gasteiger charge is 2.09. The van der Waals surface area contributed by atoms with Crippen LogP contribution in [0.25, 0.3) is 12.2 Å². The third kappa shape index (κ3) is 2.73. The zero-order valence-corrected chi connectivity index (χ0v) is 9.72. The molecule has 18 heavy (non-hydrogen) atoms. The molecular weight excluding hydrogens is 267 g/mol. The van der Waals surface area contributed by atoms with Crippen LogP contribution < -0.4 is 0 Å². The fraction of sp³-hybridized carbons (Fsp3) is 0.0833. The molecule has 0 aliphatic heterocycles. The van der Waals surface area contributed by atoms with E-state index >= 15 is 0 Å². The molecule has 0 fully saturated rings. The summed E-state index contributed by atoms with van der Waals surface area (Å²) in [4.78, 5) is 3.96. The summed E-state index contributed by atoms with van der Waals surface area (Å²) in [6.07, 6.45) is 4.14. The van der Waals surface area contributed by atoms with Crippen molar-refractivity contribution in [2.45, 2.75) is 5.88 Å². The van der Waals surface area contributed by atoms with Crippen LogP contribution in [0.2, 0.25) is 0 Å². The van der Waals surface area contributed by atoms with Gasteiger partial charge in [0.25, 0.3) is 0 Å². The molecule has 0 aliphatic rings. The second kappa shape index (κ2) is 5.27. The summed E-state index contributed by atoms with van der Waals surface area (Å²) in [5.41, 5.74) is 0.713. The van der Waals surface area contributed by atoms with Gasteiger partial charge in [-0.1, -0.05) is 0 Å². The lowest BCUT2D eigenvalue weighted by molar-refractivity contribution is 0.447. The van der Waals surface area contributed by atoms with Gasteiger partial charge in [-0.2, -0.15) is 0 Å². The van der Waals surface area contributed by atoms with Crippen LogP contribution in [-0.4, -0.2) is 4.98 Å². The Morgan fingerprint density at radius 1 is 1.17 bits per heavy atom. The Morgan fingerprint density at radius 2 is 1.83 bits per heavy atom. The summed E-state index contributed by atoms with van der Waals surface area (Å²) in [5, 5.41) is 0. The van der Waals surface area contributed by atoms with E-state index in [1.165, 1.54) is 18.4 Å². The molecule has 2 nitrogen and oxygen atoms in total. The van der Waals surface area contributed by atoms with Crippen molar-refractivity contribution in [2.24, 2.45) is 0 Å². The molecule has 0 bridgehead atoms. The first-order valence-electron chi connectivity index (χ1n) is 4.93. The maximum absolute atomic E-state index is 12.9. The Bertz CT molecular complexity index is 572. The molecule has 94 valence electrons. The summed E-state index contributed by atoms with van der Waals surface area (Å²) in [6.45, 7) is 0. The number of aromatic nitrogens is 1. The molecule has 1 aromatic heterocycles. The normalized spacial score (nSPS) is 11.3. The Balaban J connectivity index is 2.23. The van der Waals surface area contributed by atoms with Gasteiger partial charge in [-0.3, -0.25) is 0 Å². The number of halogens is 4. The molecule has 0 N–H and O–H groups in total. The number of hydrogen-bond acceptors (Lipinski definition) is 2. The van der Waals surface area contributed by atoms with E-state index < -0.39 is 17.5 Å². The van der Waals surface area contributed by atoms with E-state index in [1.807, 2.05) is 0 Å². The van der Waals surface area contributed by atoms with Crippen molar-refractivity contribution in [1.29, 1.82) is 0 Å². The minimum atomic E-state index is -1.49. The van der Waals surface area contributed by atoms with Gasteiger partial charge in [0.2, 0.25) is 5.89 Å². The maximum atomic E-state index is 12.9. The number of hydrogen-bond donors (Lipinski definition) is 0. The Labute approximate surface area is 106 Å². The van der Waals surface area contributed by atoms with Crippen molar-refractivity contribution in [3.8, 4) is 0 Å². The van der Waals surface area contributed by atoms with E-state index in [0.717, 1.165) is 12.1 Å². The standard InChI is InChI=1S/C12H7ClF3NO/c13-5-8-6-18-11(17-8)2-1-7-3-9(14)12(16)10(15)4-7/h1-4,6H,5H2/b2-1+. The molecule has 2 rings (SSSR count). The van der Waals surface area contributed by atoms with Crippen molar-refractivity contribution < 1.29 is 17.6 Å². The molecule has 0 atom stereocenters.